The van der Waals surface area contributed by atoms with Crippen molar-refractivity contribution in [1.82, 2.24) is 4.98 Å². The van der Waals surface area contributed by atoms with Crippen molar-refractivity contribution >= 4 is 31.9 Å². The standard InChI is InChI=1S/C8H3Br2F6NO/c9-2-3-1-4(18-8(14,15)16)5(7(11,12)13)17-6(3)10/h1H,2H2. The van der Waals surface area contributed by atoms with Crippen LogP contribution in [0.3, 0.4) is 0 Å². The van der Waals surface area contributed by atoms with Crippen LogP contribution in [0.1, 0.15) is 11.3 Å². The van der Waals surface area contributed by atoms with Crippen molar-refractivity contribution in [2.24, 2.45) is 0 Å². The van der Waals surface area contributed by atoms with Gasteiger partial charge >= 0.3 is 12.5 Å². The van der Waals surface area contributed by atoms with Crippen LogP contribution < -0.4 is 4.74 Å². The fourth-order valence-corrected chi connectivity index (χ4v) is 2.25. The Morgan fingerprint density at radius 2 is 1.72 bits per heavy atom. The van der Waals surface area contributed by atoms with Gasteiger partial charge in [-0.15, -0.1) is 13.2 Å². The van der Waals surface area contributed by atoms with E-state index < -0.39 is 24.0 Å². The third-order valence-electron chi connectivity index (χ3n) is 1.65. The van der Waals surface area contributed by atoms with Crippen LogP contribution in [0.15, 0.2) is 10.7 Å². The topological polar surface area (TPSA) is 22.1 Å². The van der Waals surface area contributed by atoms with Crippen LogP contribution in [0.2, 0.25) is 0 Å². The van der Waals surface area contributed by atoms with Gasteiger partial charge in [0.1, 0.15) is 4.60 Å². The van der Waals surface area contributed by atoms with Crippen molar-refractivity contribution in [3.8, 4) is 5.75 Å². The zero-order chi connectivity index (χ0) is 14.1. The van der Waals surface area contributed by atoms with Gasteiger partial charge in [0, 0.05) is 5.33 Å². The lowest BCUT2D eigenvalue weighted by molar-refractivity contribution is -0.276. The average molecular weight is 403 g/mol. The maximum absolute atomic E-state index is 12.5. The molecule has 10 heteroatoms. The molecule has 0 aromatic carbocycles. The van der Waals surface area contributed by atoms with E-state index in [0.29, 0.717) is 6.07 Å². The number of ether oxygens (including phenoxy) is 1. The first-order valence-electron chi connectivity index (χ1n) is 4.13. The second kappa shape index (κ2) is 5.24. The number of rotatable bonds is 2. The Bertz CT molecular complexity index is 444. The van der Waals surface area contributed by atoms with Gasteiger partial charge in [-0.1, -0.05) is 15.9 Å². The van der Waals surface area contributed by atoms with E-state index >= 15 is 0 Å². The van der Waals surface area contributed by atoms with Crippen LogP contribution in [0.4, 0.5) is 26.3 Å². The molecule has 1 aromatic rings. The third kappa shape index (κ3) is 4.01. The van der Waals surface area contributed by atoms with E-state index in [1.54, 1.807) is 0 Å². The predicted molar refractivity (Wildman–Crippen MR) is 56.3 cm³/mol. The summed E-state index contributed by atoms with van der Waals surface area (Å²) in [5.41, 5.74) is -1.64. The van der Waals surface area contributed by atoms with Crippen LogP contribution >= 0.6 is 31.9 Å². The zero-order valence-electron chi connectivity index (χ0n) is 8.16. The van der Waals surface area contributed by atoms with Crippen LogP contribution in [-0.4, -0.2) is 11.3 Å². The monoisotopic (exact) mass is 401 g/mol. The van der Waals surface area contributed by atoms with Crippen molar-refractivity contribution in [2.75, 3.05) is 0 Å². The summed E-state index contributed by atoms with van der Waals surface area (Å²) in [6.07, 6.45) is -10.3. The first kappa shape index (κ1) is 15.5. The molecule has 2 nitrogen and oxygen atoms in total. The van der Waals surface area contributed by atoms with E-state index in [0.717, 1.165) is 0 Å². The zero-order valence-corrected chi connectivity index (χ0v) is 11.3. The predicted octanol–water partition coefficient (Wildman–Crippen LogP) is 4.66. The minimum Gasteiger partial charge on any atom is -0.403 e. The molecule has 0 N–H and O–H groups in total. The summed E-state index contributed by atoms with van der Waals surface area (Å²) in [5, 5.41) is 0.0208. The summed E-state index contributed by atoms with van der Waals surface area (Å²) in [6.45, 7) is 0. The summed E-state index contributed by atoms with van der Waals surface area (Å²) < 4.78 is 76.6. The number of aromatic nitrogens is 1. The number of halogens is 8. The van der Waals surface area contributed by atoms with E-state index in [1.807, 2.05) is 0 Å². The first-order valence-corrected chi connectivity index (χ1v) is 6.04. The van der Waals surface area contributed by atoms with Crippen molar-refractivity contribution in [2.45, 2.75) is 17.9 Å². The van der Waals surface area contributed by atoms with Crippen molar-refractivity contribution in [3.63, 3.8) is 0 Å². The Balaban J connectivity index is 3.35. The Kier molecular flexibility index (Phi) is 4.52. The molecule has 0 fully saturated rings. The molecule has 1 rings (SSSR count). The highest BCUT2D eigenvalue weighted by atomic mass is 79.9. The molecular formula is C8H3Br2F6NO. The molecule has 1 heterocycles. The first-order chi connectivity index (χ1) is 8.04. The van der Waals surface area contributed by atoms with Crippen LogP contribution in [0.25, 0.3) is 0 Å². The quantitative estimate of drug-likeness (QED) is 0.408. The summed E-state index contributed by atoms with van der Waals surface area (Å²) in [6, 6.07) is 0.627. The molecule has 0 radical (unpaired) electrons. The van der Waals surface area contributed by atoms with Gasteiger partial charge in [-0.3, -0.25) is 0 Å². The fraction of sp³-hybridized carbons (Fsp3) is 0.375. The normalized spacial score (nSPS) is 12.7. The SMILES string of the molecule is FC(F)(F)Oc1cc(CBr)c(Br)nc1C(F)(F)F. The van der Waals surface area contributed by atoms with Crippen molar-refractivity contribution in [3.05, 3.63) is 21.9 Å². The minimum absolute atomic E-state index is 0.0208. The summed E-state index contributed by atoms with van der Waals surface area (Å²) in [4.78, 5) is 3.04. The molecule has 0 spiro atoms. The molecular weight excluding hydrogens is 400 g/mol. The van der Waals surface area contributed by atoms with Crippen LogP contribution in [0.5, 0.6) is 5.75 Å². The van der Waals surface area contributed by atoms with Gasteiger partial charge < -0.3 is 4.74 Å². The minimum atomic E-state index is -5.22. The maximum atomic E-state index is 12.5. The summed E-state index contributed by atoms with van der Waals surface area (Å²) in [7, 11) is 0. The highest BCUT2D eigenvalue weighted by Gasteiger charge is 2.41. The fourth-order valence-electron chi connectivity index (χ4n) is 1.01. The van der Waals surface area contributed by atoms with Gasteiger partial charge in [-0.25, -0.2) is 4.98 Å². The van der Waals surface area contributed by atoms with E-state index in [4.69, 9.17) is 0 Å². The summed E-state index contributed by atoms with van der Waals surface area (Å²) in [5.74, 6) is -1.38. The Labute approximate surface area is 114 Å². The molecule has 0 aliphatic rings. The Hall–Kier alpha value is -0.510. The van der Waals surface area contributed by atoms with Crippen molar-refractivity contribution in [1.29, 1.82) is 0 Å². The lowest BCUT2D eigenvalue weighted by Gasteiger charge is -2.16. The van der Waals surface area contributed by atoms with E-state index in [1.165, 1.54) is 0 Å². The highest BCUT2D eigenvalue weighted by molar-refractivity contribution is 9.10. The summed E-state index contributed by atoms with van der Waals surface area (Å²) >= 11 is 5.64. The van der Waals surface area contributed by atoms with Crippen LogP contribution in [0, 0.1) is 0 Å². The second-order valence-corrected chi connectivity index (χ2v) is 4.28. The van der Waals surface area contributed by atoms with Crippen molar-refractivity contribution < 1.29 is 31.1 Å². The largest absolute Gasteiger partial charge is 0.573 e. The highest BCUT2D eigenvalue weighted by Crippen LogP contribution is 2.39. The van der Waals surface area contributed by atoms with E-state index in [9.17, 15) is 26.3 Å². The van der Waals surface area contributed by atoms with Gasteiger partial charge in [0.15, 0.2) is 11.4 Å². The molecule has 0 aliphatic heterocycles. The molecule has 0 saturated carbocycles. The van der Waals surface area contributed by atoms with Gasteiger partial charge in [0.2, 0.25) is 0 Å². The number of hydrogen-bond donors (Lipinski definition) is 0. The smallest absolute Gasteiger partial charge is 0.403 e. The second-order valence-electron chi connectivity index (χ2n) is 2.96. The van der Waals surface area contributed by atoms with Gasteiger partial charge in [0.05, 0.1) is 0 Å². The molecule has 0 bridgehead atoms. The number of pyridine rings is 1. The number of alkyl halides is 7. The molecule has 0 amide bonds. The lowest BCUT2D eigenvalue weighted by Crippen LogP contribution is -2.21. The van der Waals surface area contributed by atoms with Gasteiger partial charge in [-0.05, 0) is 27.6 Å². The third-order valence-corrected chi connectivity index (χ3v) is 2.94. The molecule has 18 heavy (non-hydrogen) atoms. The molecule has 0 saturated heterocycles. The van der Waals surface area contributed by atoms with E-state index in [-0.39, 0.29) is 15.5 Å². The lowest BCUT2D eigenvalue weighted by atomic mass is 10.2. The molecule has 1 aromatic heterocycles. The molecule has 102 valence electrons. The molecule has 0 aliphatic carbocycles. The van der Waals surface area contributed by atoms with Gasteiger partial charge in [-0.2, -0.15) is 13.2 Å². The van der Waals surface area contributed by atoms with Gasteiger partial charge in [0.25, 0.3) is 0 Å². The Morgan fingerprint density at radius 3 is 2.11 bits per heavy atom. The molecule has 0 atom stereocenters. The average Bonchev–Trinajstić information content (AvgIpc) is 2.16. The number of hydrogen-bond acceptors (Lipinski definition) is 2. The Morgan fingerprint density at radius 1 is 1.17 bits per heavy atom. The number of nitrogens with zero attached hydrogens (tertiary/aromatic N) is 1. The molecule has 0 unspecified atom stereocenters. The van der Waals surface area contributed by atoms with E-state index in [2.05, 4.69) is 41.6 Å². The van der Waals surface area contributed by atoms with Crippen LogP contribution in [-0.2, 0) is 11.5 Å². The maximum Gasteiger partial charge on any atom is 0.573 e.